The van der Waals surface area contributed by atoms with Gasteiger partial charge in [-0.3, -0.25) is 4.79 Å². The molecule has 4 N–H and O–H groups in total. The average Bonchev–Trinajstić information content (AvgIpc) is 3.18. The third kappa shape index (κ3) is 3.71. The second-order valence-electron chi connectivity index (χ2n) is 5.95. The summed E-state index contributed by atoms with van der Waals surface area (Å²) in [6.45, 7) is 0.136. The van der Waals surface area contributed by atoms with Crippen LogP contribution in [0.15, 0.2) is 24.5 Å². The van der Waals surface area contributed by atoms with E-state index in [4.69, 9.17) is 23.1 Å². The summed E-state index contributed by atoms with van der Waals surface area (Å²) in [5.41, 5.74) is 13.1. The molecule has 3 rings (SSSR count). The first-order valence-corrected chi connectivity index (χ1v) is 9.13. The zero-order chi connectivity index (χ0) is 19.7. The first kappa shape index (κ1) is 19.4. The van der Waals surface area contributed by atoms with Crippen LogP contribution in [-0.2, 0) is 13.5 Å². The Morgan fingerprint density at radius 2 is 2.11 bits per heavy atom. The van der Waals surface area contributed by atoms with E-state index < -0.39 is 23.5 Å². The summed E-state index contributed by atoms with van der Waals surface area (Å²) in [6, 6.07) is 3.64. The fourth-order valence-electron chi connectivity index (χ4n) is 2.97. The Labute approximate surface area is 162 Å². The molecule has 1 aromatic carbocycles. The van der Waals surface area contributed by atoms with Crippen LogP contribution in [0.2, 0.25) is 4.34 Å². The molecule has 2 heterocycles. The molecule has 1 atom stereocenters. The number of rotatable bonds is 6. The van der Waals surface area contributed by atoms with Crippen molar-refractivity contribution in [2.24, 2.45) is 18.5 Å². The Kier molecular flexibility index (Phi) is 5.54. The second kappa shape index (κ2) is 7.71. The standard InChI is InChI=1S/C17H16ClF2N5OS/c1-25-17(23-7-24-25)13-12(14(16(22)26)27-15(13)18)9(6-21)4-8-2-3-10(19)11(20)5-8/h2-3,5,7,9H,4,6,21H2,1H3,(H2,22,26)/t9-/m1/s1. The van der Waals surface area contributed by atoms with Crippen LogP contribution >= 0.6 is 22.9 Å². The summed E-state index contributed by atoms with van der Waals surface area (Å²) >= 11 is 7.42. The number of aromatic nitrogens is 3. The van der Waals surface area contributed by atoms with Gasteiger partial charge in [-0.15, -0.1) is 11.3 Å². The first-order chi connectivity index (χ1) is 12.8. The van der Waals surface area contributed by atoms with Crippen LogP contribution in [0.4, 0.5) is 8.78 Å². The smallest absolute Gasteiger partial charge is 0.259 e. The number of carbonyl (C=O) groups excluding carboxylic acids is 1. The fraction of sp³-hybridized carbons (Fsp3) is 0.235. The highest BCUT2D eigenvalue weighted by molar-refractivity contribution is 7.18. The van der Waals surface area contributed by atoms with Gasteiger partial charge in [0.05, 0.1) is 10.4 Å². The number of aryl methyl sites for hydroxylation is 1. The van der Waals surface area contributed by atoms with Crippen molar-refractivity contribution in [1.82, 2.24) is 14.8 Å². The number of hydrogen-bond acceptors (Lipinski definition) is 5. The van der Waals surface area contributed by atoms with Crippen molar-refractivity contribution in [3.8, 4) is 11.4 Å². The molecular weight excluding hydrogens is 396 g/mol. The van der Waals surface area contributed by atoms with Crippen LogP contribution in [0.25, 0.3) is 11.4 Å². The minimum Gasteiger partial charge on any atom is -0.365 e. The van der Waals surface area contributed by atoms with E-state index in [1.54, 1.807) is 7.05 Å². The van der Waals surface area contributed by atoms with E-state index in [1.165, 1.54) is 17.1 Å². The molecule has 0 spiro atoms. The van der Waals surface area contributed by atoms with Gasteiger partial charge in [0.2, 0.25) is 0 Å². The van der Waals surface area contributed by atoms with Gasteiger partial charge in [-0.25, -0.2) is 18.4 Å². The topological polar surface area (TPSA) is 99.8 Å². The molecule has 0 fully saturated rings. The number of hydrogen-bond donors (Lipinski definition) is 2. The fourth-order valence-corrected chi connectivity index (χ4v) is 4.35. The lowest BCUT2D eigenvalue weighted by Crippen LogP contribution is -2.20. The van der Waals surface area contributed by atoms with Gasteiger partial charge in [0.1, 0.15) is 10.7 Å². The SMILES string of the molecule is Cn1ncnc1-c1c(Cl)sc(C(N)=O)c1[C@@H](CN)Cc1ccc(F)c(F)c1. The maximum atomic E-state index is 13.6. The van der Waals surface area contributed by atoms with E-state index in [1.807, 2.05) is 0 Å². The van der Waals surface area contributed by atoms with Crippen LogP contribution < -0.4 is 11.5 Å². The van der Waals surface area contributed by atoms with E-state index in [0.29, 0.717) is 26.9 Å². The number of primary amides is 1. The summed E-state index contributed by atoms with van der Waals surface area (Å²) in [5, 5.41) is 4.03. The van der Waals surface area contributed by atoms with E-state index in [9.17, 15) is 13.6 Å². The molecule has 0 bridgehead atoms. The number of nitrogens with two attached hydrogens (primary N) is 2. The lowest BCUT2D eigenvalue weighted by molar-refractivity contribution is 0.100. The molecule has 0 aliphatic rings. The van der Waals surface area contributed by atoms with E-state index in [0.717, 1.165) is 23.5 Å². The number of halogens is 3. The number of benzene rings is 1. The minimum atomic E-state index is -0.949. The summed E-state index contributed by atoms with van der Waals surface area (Å²) in [6.07, 6.45) is 1.63. The van der Waals surface area contributed by atoms with Crippen LogP contribution in [0.5, 0.6) is 0 Å². The Hall–Kier alpha value is -2.36. The van der Waals surface area contributed by atoms with Crippen LogP contribution in [0.3, 0.4) is 0 Å². The van der Waals surface area contributed by atoms with Crippen LogP contribution in [-0.4, -0.2) is 27.2 Å². The molecule has 0 saturated carbocycles. The van der Waals surface area contributed by atoms with Crippen molar-refractivity contribution in [3.05, 3.63) is 56.5 Å². The van der Waals surface area contributed by atoms with Gasteiger partial charge >= 0.3 is 0 Å². The monoisotopic (exact) mass is 411 g/mol. The van der Waals surface area contributed by atoms with Gasteiger partial charge in [-0.05, 0) is 36.2 Å². The minimum absolute atomic E-state index is 0.136. The third-order valence-corrected chi connectivity index (χ3v) is 5.65. The molecule has 1 amide bonds. The molecule has 0 radical (unpaired) electrons. The van der Waals surface area contributed by atoms with E-state index in [2.05, 4.69) is 10.1 Å². The molecule has 0 aliphatic heterocycles. The lowest BCUT2D eigenvalue weighted by Gasteiger charge is -2.18. The van der Waals surface area contributed by atoms with Crippen molar-refractivity contribution in [2.75, 3.05) is 6.54 Å². The maximum Gasteiger partial charge on any atom is 0.259 e. The summed E-state index contributed by atoms with van der Waals surface area (Å²) in [4.78, 5) is 16.5. The van der Waals surface area contributed by atoms with Gasteiger partial charge in [0.25, 0.3) is 5.91 Å². The van der Waals surface area contributed by atoms with E-state index in [-0.39, 0.29) is 17.8 Å². The number of thiophene rings is 1. The second-order valence-corrected chi connectivity index (χ2v) is 7.57. The van der Waals surface area contributed by atoms with Crippen LogP contribution in [0, 0.1) is 11.6 Å². The molecular formula is C17H16ClF2N5OS. The summed E-state index contributed by atoms with van der Waals surface area (Å²) < 4.78 is 28.6. The van der Waals surface area contributed by atoms with Gasteiger partial charge in [-0.2, -0.15) is 5.10 Å². The Balaban J connectivity index is 2.13. The highest BCUT2D eigenvalue weighted by Crippen LogP contribution is 2.43. The van der Waals surface area contributed by atoms with Gasteiger partial charge in [-0.1, -0.05) is 17.7 Å². The van der Waals surface area contributed by atoms with E-state index >= 15 is 0 Å². The average molecular weight is 412 g/mol. The van der Waals surface area contributed by atoms with Crippen molar-refractivity contribution in [2.45, 2.75) is 12.3 Å². The summed E-state index contributed by atoms with van der Waals surface area (Å²) in [5.74, 6) is -2.47. The van der Waals surface area contributed by atoms with Gasteiger partial charge in [0.15, 0.2) is 17.5 Å². The zero-order valence-corrected chi connectivity index (χ0v) is 15.8. The molecule has 0 unspecified atom stereocenters. The van der Waals surface area contributed by atoms with Gasteiger partial charge < -0.3 is 11.5 Å². The number of nitrogens with zero attached hydrogens (tertiary/aromatic N) is 3. The predicted octanol–water partition coefficient (Wildman–Crippen LogP) is 2.86. The van der Waals surface area contributed by atoms with Crippen molar-refractivity contribution in [3.63, 3.8) is 0 Å². The highest BCUT2D eigenvalue weighted by Gasteiger charge is 2.29. The zero-order valence-electron chi connectivity index (χ0n) is 14.2. The largest absolute Gasteiger partial charge is 0.365 e. The highest BCUT2D eigenvalue weighted by atomic mass is 35.5. The number of carbonyl (C=O) groups is 1. The number of amides is 1. The molecule has 3 aromatic rings. The lowest BCUT2D eigenvalue weighted by atomic mass is 9.89. The normalized spacial score (nSPS) is 12.3. The van der Waals surface area contributed by atoms with Crippen LogP contribution in [0.1, 0.15) is 26.7 Å². The first-order valence-electron chi connectivity index (χ1n) is 7.93. The molecule has 0 aliphatic carbocycles. The maximum absolute atomic E-state index is 13.6. The predicted molar refractivity (Wildman–Crippen MR) is 99.7 cm³/mol. The quantitative estimate of drug-likeness (QED) is 0.651. The molecule has 142 valence electrons. The molecule has 6 nitrogen and oxygen atoms in total. The Bertz CT molecular complexity index is 1000. The molecule has 27 heavy (non-hydrogen) atoms. The molecule has 10 heteroatoms. The Morgan fingerprint density at radius 1 is 1.37 bits per heavy atom. The summed E-state index contributed by atoms with van der Waals surface area (Å²) in [7, 11) is 1.69. The molecule has 0 saturated heterocycles. The van der Waals surface area contributed by atoms with Crippen molar-refractivity contribution < 1.29 is 13.6 Å². The van der Waals surface area contributed by atoms with Gasteiger partial charge in [0, 0.05) is 13.0 Å². The third-order valence-electron chi connectivity index (χ3n) is 4.22. The van der Waals surface area contributed by atoms with Crippen molar-refractivity contribution in [1.29, 1.82) is 0 Å². The van der Waals surface area contributed by atoms with Crippen molar-refractivity contribution >= 4 is 28.8 Å². The Morgan fingerprint density at radius 3 is 2.67 bits per heavy atom. The molecule has 2 aromatic heterocycles.